The van der Waals surface area contributed by atoms with Gasteiger partial charge in [-0.05, 0) is 6.92 Å². The fourth-order valence-electron chi connectivity index (χ4n) is 0.993. The van der Waals surface area contributed by atoms with Gasteiger partial charge in [0, 0.05) is 20.3 Å². The largest absolute Gasteiger partial charge is 0.461 e. The third kappa shape index (κ3) is 2.71. The van der Waals surface area contributed by atoms with Crippen LogP contribution in [0.4, 0.5) is 0 Å². The molecule has 6 nitrogen and oxygen atoms in total. The second-order valence-electron chi connectivity index (χ2n) is 3.13. The van der Waals surface area contributed by atoms with Crippen molar-refractivity contribution in [2.24, 2.45) is 0 Å². The lowest BCUT2D eigenvalue weighted by Gasteiger charge is -2.27. The van der Waals surface area contributed by atoms with Gasteiger partial charge in [-0.2, -0.15) is 0 Å². The molecule has 0 aromatic rings. The van der Waals surface area contributed by atoms with E-state index in [1.165, 1.54) is 5.01 Å². The van der Waals surface area contributed by atoms with Crippen molar-refractivity contribution in [1.29, 1.82) is 0 Å². The fraction of sp³-hybridized carbons (Fsp3) is 0.444. The highest BCUT2D eigenvalue weighted by Crippen LogP contribution is 2.09. The highest BCUT2D eigenvalue weighted by molar-refractivity contribution is 5.87. The molecule has 1 heterocycles. The lowest BCUT2D eigenvalue weighted by molar-refractivity contribution is -0.141. The van der Waals surface area contributed by atoms with E-state index in [0.29, 0.717) is 6.61 Å². The van der Waals surface area contributed by atoms with Crippen LogP contribution >= 0.6 is 0 Å². The van der Waals surface area contributed by atoms with E-state index in [9.17, 15) is 4.79 Å². The van der Waals surface area contributed by atoms with Crippen molar-refractivity contribution in [2.75, 3.05) is 20.7 Å². The van der Waals surface area contributed by atoms with E-state index in [2.05, 4.69) is 12.1 Å². The Balaban J connectivity index is 2.51. The molecule has 15 heavy (non-hydrogen) atoms. The summed E-state index contributed by atoms with van der Waals surface area (Å²) in [5, 5.41) is 5.01. The zero-order chi connectivity index (χ0) is 11.4. The second-order valence-corrected chi connectivity index (χ2v) is 3.13. The maximum absolute atomic E-state index is 11.3. The van der Waals surface area contributed by atoms with Crippen molar-refractivity contribution in [1.82, 2.24) is 20.7 Å². The third-order valence-corrected chi connectivity index (χ3v) is 1.80. The minimum Gasteiger partial charge on any atom is -0.461 e. The van der Waals surface area contributed by atoms with Crippen LogP contribution in [0.25, 0.3) is 0 Å². The molecule has 0 aromatic heterocycles. The monoisotopic (exact) mass is 212 g/mol. The number of esters is 1. The lowest BCUT2D eigenvalue weighted by atomic mass is 10.5. The minimum absolute atomic E-state index is 0.248. The predicted molar refractivity (Wildman–Crippen MR) is 55.4 cm³/mol. The van der Waals surface area contributed by atoms with Crippen molar-refractivity contribution in [2.45, 2.75) is 6.92 Å². The molecular formula is C9H16N4O2. The van der Waals surface area contributed by atoms with E-state index in [4.69, 9.17) is 4.74 Å². The number of carbonyl (C=O) groups excluding carboxylic acids is 1. The van der Waals surface area contributed by atoms with Gasteiger partial charge in [-0.15, -0.1) is 5.53 Å². The molecule has 0 radical (unpaired) electrons. The Morgan fingerprint density at radius 3 is 2.67 bits per heavy atom. The molecule has 0 atom stereocenters. The Hall–Kier alpha value is -1.53. The summed E-state index contributed by atoms with van der Waals surface area (Å²) in [6, 6.07) is 0. The van der Waals surface area contributed by atoms with Crippen LogP contribution < -0.4 is 5.53 Å². The summed E-state index contributed by atoms with van der Waals surface area (Å²) in [7, 11) is 3.74. The Labute approximate surface area is 89.3 Å². The Morgan fingerprint density at radius 2 is 2.20 bits per heavy atom. The first-order chi connectivity index (χ1) is 7.06. The van der Waals surface area contributed by atoms with Crippen LogP contribution in [-0.4, -0.2) is 41.8 Å². The Bertz CT molecular complexity index is 288. The molecule has 1 aliphatic rings. The zero-order valence-corrected chi connectivity index (χ0v) is 9.23. The number of ether oxygens (including phenoxy) is 1. The maximum Gasteiger partial charge on any atom is 0.355 e. The number of nitrogens with one attached hydrogen (secondary N) is 1. The number of nitrogens with zero attached hydrogens (tertiary/aromatic N) is 3. The molecule has 0 aliphatic carbocycles. The van der Waals surface area contributed by atoms with Crippen molar-refractivity contribution >= 4 is 5.97 Å². The van der Waals surface area contributed by atoms with Gasteiger partial charge in [-0.1, -0.05) is 6.58 Å². The van der Waals surface area contributed by atoms with Crippen LogP contribution in [0.1, 0.15) is 6.92 Å². The quantitative estimate of drug-likeness (QED) is 0.525. The SMILES string of the molecule is C=C(C(=O)OCC)N1C=CN(N(C)C)N1. The first-order valence-electron chi connectivity index (χ1n) is 4.62. The van der Waals surface area contributed by atoms with E-state index in [1.807, 2.05) is 19.1 Å². The van der Waals surface area contributed by atoms with Crippen molar-refractivity contribution in [3.05, 3.63) is 24.7 Å². The number of hydrazine groups is 3. The molecule has 0 bridgehead atoms. The highest BCUT2D eigenvalue weighted by atomic mass is 16.5. The van der Waals surface area contributed by atoms with Gasteiger partial charge >= 0.3 is 5.97 Å². The normalized spacial score (nSPS) is 14.9. The molecular weight excluding hydrogens is 196 g/mol. The molecule has 0 fully saturated rings. The molecule has 6 heteroatoms. The van der Waals surface area contributed by atoms with Crippen molar-refractivity contribution in [3.63, 3.8) is 0 Å². The average Bonchev–Trinajstić information content (AvgIpc) is 2.65. The first kappa shape index (κ1) is 11.5. The van der Waals surface area contributed by atoms with Crippen LogP contribution in [0.15, 0.2) is 24.7 Å². The molecule has 0 amide bonds. The number of hydrogen-bond donors (Lipinski definition) is 1. The molecule has 0 saturated carbocycles. The average molecular weight is 212 g/mol. The standard InChI is InChI=1S/C9H16N4O2/c1-5-15-9(14)8(2)12-6-7-13(10-12)11(3)4/h6-7,10H,2,5H2,1,3-4H3. The van der Waals surface area contributed by atoms with Crippen LogP contribution in [0, 0.1) is 0 Å². The van der Waals surface area contributed by atoms with E-state index < -0.39 is 5.97 Å². The van der Waals surface area contributed by atoms with Crippen molar-refractivity contribution < 1.29 is 9.53 Å². The summed E-state index contributed by atoms with van der Waals surface area (Å²) in [5.41, 5.74) is 3.16. The first-order valence-corrected chi connectivity index (χ1v) is 4.62. The Morgan fingerprint density at radius 1 is 1.53 bits per heavy atom. The summed E-state index contributed by atoms with van der Waals surface area (Å²) < 4.78 is 4.83. The summed E-state index contributed by atoms with van der Waals surface area (Å²) in [5.74, 6) is -0.435. The van der Waals surface area contributed by atoms with Crippen LogP contribution in [-0.2, 0) is 9.53 Å². The number of hydrogen-bond acceptors (Lipinski definition) is 6. The topological polar surface area (TPSA) is 48.1 Å². The van der Waals surface area contributed by atoms with Gasteiger partial charge in [-0.3, -0.25) is 5.01 Å². The fourth-order valence-corrected chi connectivity index (χ4v) is 0.993. The molecule has 1 N–H and O–H groups in total. The van der Waals surface area contributed by atoms with Gasteiger partial charge in [0.05, 0.1) is 12.8 Å². The van der Waals surface area contributed by atoms with E-state index in [0.717, 1.165) is 0 Å². The predicted octanol–water partition coefficient (Wildman–Crippen LogP) is 0.0482. The molecule has 0 aromatic carbocycles. The van der Waals surface area contributed by atoms with Gasteiger partial charge in [0.2, 0.25) is 0 Å². The van der Waals surface area contributed by atoms with Crippen molar-refractivity contribution in [3.8, 4) is 0 Å². The molecule has 0 saturated heterocycles. The van der Waals surface area contributed by atoms with E-state index >= 15 is 0 Å². The molecule has 1 aliphatic heterocycles. The highest BCUT2D eigenvalue weighted by Gasteiger charge is 2.20. The van der Waals surface area contributed by atoms with Gasteiger partial charge < -0.3 is 4.74 Å². The number of rotatable bonds is 4. The summed E-state index contributed by atoms with van der Waals surface area (Å²) in [6.45, 7) is 5.74. The van der Waals surface area contributed by atoms with E-state index in [-0.39, 0.29) is 5.70 Å². The van der Waals surface area contributed by atoms with Gasteiger partial charge in [0.25, 0.3) is 0 Å². The number of carbonyl (C=O) groups is 1. The lowest BCUT2D eigenvalue weighted by Crippen LogP contribution is -2.46. The second kappa shape index (κ2) is 4.81. The smallest absolute Gasteiger partial charge is 0.355 e. The molecule has 84 valence electrons. The van der Waals surface area contributed by atoms with Crippen LogP contribution in [0.3, 0.4) is 0 Å². The molecule has 0 unspecified atom stereocenters. The van der Waals surface area contributed by atoms with Gasteiger partial charge in [0.1, 0.15) is 5.70 Å². The molecule has 0 spiro atoms. The zero-order valence-electron chi connectivity index (χ0n) is 9.23. The van der Waals surface area contributed by atoms with E-state index in [1.54, 1.807) is 24.4 Å². The van der Waals surface area contributed by atoms with Crippen LogP contribution in [0.2, 0.25) is 0 Å². The summed E-state index contributed by atoms with van der Waals surface area (Å²) >= 11 is 0. The van der Waals surface area contributed by atoms with Gasteiger partial charge in [0.15, 0.2) is 0 Å². The Kier molecular flexibility index (Phi) is 3.70. The summed E-state index contributed by atoms with van der Waals surface area (Å²) in [4.78, 5) is 11.3. The molecule has 1 rings (SSSR count). The third-order valence-electron chi connectivity index (χ3n) is 1.80. The maximum atomic E-state index is 11.3. The van der Waals surface area contributed by atoms with Crippen LogP contribution in [0.5, 0.6) is 0 Å². The minimum atomic E-state index is -0.435. The summed E-state index contributed by atoms with van der Waals surface area (Å²) in [6.07, 6.45) is 3.46. The van der Waals surface area contributed by atoms with Gasteiger partial charge in [-0.25, -0.2) is 14.9 Å².